The number of hydrogen-bond donors (Lipinski definition) is 0. The number of rotatable bonds is 1. The molecule has 0 amide bonds. The zero-order chi connectivity index (χ0) is 6.91. The van der Waals surface area contributed by atoms with Gasteiger partial charge in [-0.25, -0.2) is 0 Å². The lowest BCUT2D eigenvalue weighted by atomic mass is 10.7. The Labute approximate surface area is 56.2 Å². The first kappa shape index (κ1) is 6.70. The smallest absolute Gasteiger partial charge is 0.189 e. The maximum Gasteiger partial charge on any atom is 0.332 e. The molecule has 0 aliphatic carbocycles. The van der Waals surface area contributed by atoms with Crippen molar-refractivity contribution in [2.45, 2.75) is 4.90 Å². The van der Waals surface area contributed by atoms with Gasteiger partial charge in [0, 0.05) is 5.38 Å². The van der Waals surface area contributed by atoms with Crippen LogP contribution in [0.2, 0.25) is 0 Å². The van der Waals surface area contributed by atoms with Crippen LogP contribution in [0, 0.1) is 0 Å². The minimum absolute atomic E-state index is 0.257. The molecule has 0 unspecified atom stereocenters. The molecular weight excluding hydrogens is 163 g/mol. The van der Waals surface area contributed by atoms with E-state index in [0.717, 1.165) is 11.3 Å². The van der Waals surface area contributed by atoms with Crippen molar-refractivity contribution in [1.82, 2.24) is 0 Å². The van der Waals surface area contributed by atoms with E-state index in [-0.39, 0.29) is 4.90 Å². The highest BCUT2D eigenvalue weighted by atomic mass is 32.3. The van der Waals surface area contributed by atoms with Crippen molar-refractivity contribution in [2.75, 3.05) is 0 Å². The lowest BCUT2D eigenvalue weighted by Gasteiger charge is -1.81. The molecule has 0 aliphatic rings. The predicted molar refractivity (Wildman–Crippen MR) is 32.6 cm³/mol. The topological polar surface area (TPSA) is 34.1 Å². The highest BCUT2D eigenvalue weighted by Crippen LogP contribution is 2.14. The Balaban J connectivity index is 3.20. The fourth-order valence-electron chi connectivity index (χ4n) is 0.391. The lowest BCUT2D eigenvalue weighted by Crippen LogP contribution is -1.86. The molecule has 50 valence electrons. The van der Waals surface area contributed by atoms with Crippen LogP contribution in [0.3, 0.4) is 0 Å². The average Bonchev–Trinajstić information content (AvgIpc) is 2.08. The molecule has 0 spiro atoms. The van der Waals surface area contributed by atoms with Crippen LogP contribution in [0.4, 0.5) is 3.89 Å². The average molecular weight is 166 g/mol. The van der Waals surface area contributed by atoms with Gasteiger partial charge in [0.25, 0.3) is 0 Å². The van der Waals surface area contributed by atoms with E-state index in [0.29, 0.717) is 0 Å². The molecule has 0 atom stereocenters. The van der Waals surface area contributed by atoms with Gasteiger partial charge in [-0.15, -0.1) is 3.89 Å². The van der Waals surface area contributed by atoms with E-state index in [4.69, 9.17) is 0 Å². The molecule has 0 aliphatic heterocycles. The fraction of sp³-hybridized carbons (Fsp3) is 0. The monoisotopic (exact) mass is 166 g/mol. The highest BCUT2D eigenvalue weighted by Gasteiger charge is 2.10. The van der Waals surface area contributed by atoms with Crippen LogP contribution in [0.25, 0.3) is 0 Å². The first-order valence-corrected chi connectivity index (χ1v) is 4.40. The summed E-state index contributed by atoms with van der Waals surface area (Å²) >= 11 is 1.15. The molecule has 0 bridgehead atoms. The van der Waals surface area contributed by atoms with Crippen LogP contribution in [0.1, 0.15) is 0 Å². The van der Waals surface area contributed by atoms with Crippen LogP contribution in [-0.4, -0.2) is 8.42 Å². The van der Waals surface area contributed by atoms with Gasteiger partial charge < -0.3 is 0 Å². The molecular formula is C4H3FO2S2. The Hall–Kier alpha value is -0.420. The van der Waals surface area contributed by atoms with Gasteiger partial charge in [0.05, 0.1) is 0 Å². The van der Waals surface area contributed by atoms with Gasteiger partial charge in [-0.05, 0) is 11.4 Å². The van der Waals surface area contributed by atoms with Crippen molar-refractivity contribution in [2.24, 2.45) is 0 Å². The van der Waals surface area contributed by atoms with Crippen molar-refractivity contribution in [1.29, 1.82) is 0 Å². The molecule has 0 aromatic carbocycles. The van der Waals surface area contributed by atoms with Crippen LogP contribution in [-0.2, 0) is 10.2 Å². The molecule has 0 radical (unpaired) electrons. The Morgan fingerprint density at radius 3 is 2.44 bits per heavy atom. The van der Waals surface area contributed by atoms with E-state index in [1.165, 1.54) is 16.8 Å². The third-order valence-corrected chi connectivity index (χ3v) is 2.43. The second-order valence-electron chi connectivity index (χ2n) is 1.40. The second kappa shape index (κ2) is 2.07. The van der Waals surface area contributed by atoms with Crippen molar-refractivity contribution in [3.8, 4) is 0 Å². The van der Waals surface area contributed by atoms with Gasteiger partial charge >= 0.3 is 10.2 Å². The summed E-state index contributed by atoms with van der Waals surface area (Å²) in [6, 6.07) is 1.22. The summed E-state index contributed by atoms with van der Waals surface area (Å²) in [5, 5.41) is 2.75. The van der Waals surface area contributed by atoms with Gasteiger partial charge in [0.1, 0.15) is 4.90 Å². The van der Waals surface area contributed by atoms with Crippen molar-refractivity contribution in [3.05, 3.63) is 16.8 Å². The summed E-state index contributed by atoms with van der Waals surface area (Å²) in [6.45, 7) is 0. The summed E-state index contributed by atoms with van der Waals surface area (Å²) in [6.07, 6.45) is 0. The largest absolute Gasteiger partial charge is 0.332 e. The van der Waals surface area contributed by atoms with E-state index < -0.39 is 10.2 Å². The second-order valence-corrected chi connectivity index (χ2v) is 3.52. The summed E-state index contributed by atoms with van der Waals surface area (Å²) in [7, 11) is -4.45. The molecule has 9 heavy (non-hydrogen) atoms. The third-order valence-electron chi connectivity index (χ3n) is 0.777. The quantitative estimate of drug-likeness (QED) is 0.591. The molecule has 1 aromatic rings. The lowest BCUT2D eigenvalue weighted by molar-refractivity contribution is 0.552. The van der Waals surface area contributed by atoms with Crippen LogP contribution >= 0.6 is 11.3 Å². The Morgan fingerprint density at radius 2 is 2.22 bits per heavy atom. The predicted octanol–water partition coefficient (Wildman–Crippen LogP) is 1.41. The fourth-order valence-corrected chi connectivity index (χ4v) is 1.85. The summed E-state index contributed by atoms with van der Waals surface area (Å²) < 4.78 is 32.0. The minimum Gasteiger partial charge on any atom is -0.189 e. The van der Waals surface area contributed by atoms with Gasteiger partial charge in [0.2, 0.25) is 0 Å². The molecule has 5 heteroatoms. The normalized spacial score (nSPS) is 11.7. The molecule has 0 N–H and O–H groups in total. The maximum atomic E-state index is 11.9. The first-order chi connectivity index (χ1) is 4.11. The van der Waals surface area contributed by atoms with Crippen LogP contribution in [0.5, 0.6) is 0 Å². The highest BCUT2D eigenvalue weighted by molar-refractivity contribution is 7.86. The molecule has 0 saturated heterocycles. The molecule has 2 nitrogen and oxygen atoms in total. The van der Waals surface area contributed by atoms with Gasteiger partial charge in [-0.2, -0.15) is 19.8 Å². The Bertz CT molecular complexity index is 274. The Kier molecular flexibility index (Phi) is 1.54. The first-order valence-electron chi connectivity index (χ1n) is 2.07. The van der Waals surface area contributed by atoms with E-state index in [1.54, 1.807) is 0 Å². The summed E-state index contributed by atoms with van der Waals surface area (Å²) in [5.41, 5.74) is 0. The summed E-state index contributed by atoms with van der Waals surface area (Å²) in [5.74, 6) is 0. The minimum atomic E-state index is -4.45. The third kappa shape index (κ3) is 1.49. The zero-order valence-electron chi connectivity index (χ0n) is 4.24. The van der Waals surface area contributed by atoms with E-state index >= 15 is 0 Å². The molecule has 0 saturated carbocycles. The van der Waals surface area contributed by atoms with Gasteiger partial charge in [-0.3, -0.25) is 0 Å². The van der Waals surface area contributed by atoms with Crippen molar-refractivity contribution < 1.29 is 12.3 Å². The summed E-state index contributed by atoms with van der Waals surface area (Å²) in [4.78, 5) is -0.257. The van der Waals surface area contributed by atoms with E-state index in [1.807, 2.05) is 0 Å². The van der Waals surface area contributed by atoms with Crippen LogP contribution in [0.15, 0.2) is 21.7 Å². The van der Waals surface area contributed by atoms with Crippen LogP contribution < -0.4 is 0 Å². The molecule has 1 heterocycles. The van der Waals surface area contributed by atoms with Crippen molar-refractivity contribution in [3.63, 3.8) is 0 Å². The SMILES string of the molecule is O=S(=O)(F)c1ccsc1. The number of thiophene rings is 1. The number of halogens is 1. The van der Waals surface area contributed by atoms with Crippen molar-refractivity contribution >= 4 is 21.6 Å². The molecule has 1 rings (SSSR count). The standard InChI is InChI=1S/C4H3FO2S2/c5-9(6,7)4-1-2-8-3-4/h1-3H. The van der Waals surface area contributed by atoms with Gasteiger partial charge in [-0.1, -0.05) is 0 Å². The Morgan fingerprint density at radius 1 is 1.56 bits per heavy atom. The number of hydrogen-bond acceptors (Lipinski definition) is 3. The molecule has 0 fully saturated rings. The zero-order valence-corrected chi connectivity index (χ0v) is 5.88. The maximum absolute atomic E-state index is 11.9. The van der Waals surface area contributed by atoms with E-state index in [9.17, 15) is 12.3 Å². The van der Waals surface area contributed by atoms with Gasteiger partial charge in [0.15, 0.2) is 0 Å². The van der Waals surface area contributed by atoms with E-state index in [2.05, 4.69) is 0 Å². The molecule has 1 aromatic heterocycles.